The first-order valence-corrected chi connectivity index (χ1v) is 7.28. The maximum Gasteiger partial charge on any atom is 0.151 e. The van der Waals surface area contributed by atoms with Crippen molar-refractivity contribution < 1.29 is 0 Å². The number of piperidine rings is 1. The summed E-state index contributed by atoms with van der Waals surface area (Å²) >= 11 is 0. The summed E-state index contributed by atoms with van der Waals surface area (Å²) in [5.41, 5.74) is 2.06. The number of anilines is 1. The van der Waals surface area contributed by atoms with Crippen LogP contribution in [0.25, 0.3) is 11.3 Å². The SMILES string of the molecule is c1ccc(-c2ccc(N3CC4CNCCC43)nn2)cc1. The van der Waals surface area contributed by atoms with Gasteiger partial charge < -0.3 is 10.2 Å². The summed E-state index contributed by atoms with van der Waals surface area (Å²) in [5, 5.41) is 12.3. The molecule has 2 fully saturated rings. The van der Waals surface area contributed by atoms with Crippen LogP contribution in [0.2, 0.25) is 0 Å². The Hall–Kier alpha value is -1.94. The van der Waals surface area contributed by atoms with E-state index in [2.05, 4.69) is 44.7 Å². The quantitative estimate of drug-likeness (QED) is 0.902. The number of fused-ring (bicyclic) bond motifs is 1. The summed E-state index contributed by atoms with van der Waals surface area (Å²) in [7, 11) is 0. The number of nitrogens with zero attached hydrogens (tertiary/aromatic N) is 3. The first kappa shape index (κ1) is 11.9. The molecular formula is C16H18N4. The second-order valence-electron chi connectivity index (χ2n) is 5.62. The lowest BCUT2D eigenvalue weighted by Gasteiger charge is -2.51. The standard InChI is InChI=1S/C16H18N4/c1-2-4-12(5-3-1)14-6-7-16(19-18-14)20-11-13-10-17-9-8-15(13)20/h1-7,13,15,17H,8-11H2. The Morgan fingerprint density at radius 1 is 1.05 bits per heavy atom. The number of benzene rings is 1. The van der Waals surface area contributed by atoms with E-state index in [1.807, 2.05) is 18.2 Å². The second-order valence-corrected chi connectivity index (χ2v) is 5.62. The van der Waals surface area contributed by atoms with Gasteiger partial charge in [-0.25, -0.2) is 0 Å². The lowest BCUT2D eigenvalue weighted by Crippen LogP contribution is -2.63. The van der Waals surface area contributed by atoms with Crippen LogP contribution in [0, 0.1) is 5.92 Å². The summed E-state index contributed by atoms with van der Waals surface area (Å²) in [6.07, 6.45) is 1.22. The summed E-state index contributed by atoms with van der Waals surface area (Å²) in [4.78, 5) is 2.40. The van der Waals surface area contributed by atoms with Crippen molar-refractivity contribution >= 4 is 5.82 Å². The van der Waals surface area contributed by atoms with Crippen molar-refractivity contribution in [3.8, 4) is 11.3 Å². The normalized spacial score (nSPS) is 24.9. The van der Waals surface area contributed by atoms with Crippen LogP contribution in [-0.2, 0) is 0 Å². The van der Waals surface area contributed by atoms with Gasteiger partial charge in [-0.2, -0.15) is 0 Å². The van der Waals surface area contributed by atoms with Crippen LogP contribution in [0.1, 0.15) is 6.42 Å². The number of hydrogen-bond acceptors (Lipinski definition) is 4. The fraction of sp³-hybridized carbons (Fsp3) is 0.375. The summed E-state index contributed by atoms with van der Waals surface area (Å²) in [6.45, 7) is 3.38. The second kappa shape index (κ2) is 4.87. The predicted octanol–water partition coefficient (Wildman–Crippen LogP) is 1.94. The van der Waals surface area contributed by atoms with Crippen molar-refractivity contribution in [1.82, 2.24) is 15.5 Å². The van der Waals surface area contributed by atoms with E-state index in [9.17, 15) is 0 Å². The van der Waals surface area contributed by atoms with Gasteiger partial charge in [-0.05, 0) is 25.1 Å². The summed E-state index contributed by atoms with van der Waals surface area (Å²) in [6, 6.07) is 15.0. The summed E-state index contributed by atoms with van der Waals surface area (Å²) < 4.78 is 0. The van der Waals surface area contributed by atoms with Gasteiger partial charge in [-0.15, -0.1) is 10.2 Å². The smallest absolute Gasteiger partial charge is 0.151 e. The fourth-order valence-corrected chi connectivity index (χ4v) is 3.26. The first-order valence-electron chi connectivity index (χ1n) is 7.28. The van der Waals surface area contributed by atoms with Gasteiger partial charge in [0.25, 0.3) is 0 Å². The number of nitrogens with one attached hydrogen (secondary N) is 1. The molecule has 4 rings (SSSR count). The average molecular weight is 266 g/mol. The Morgan fingerprint density at radius 2 is 1.95 bits per heavy atom. The van der Waals surface area contributed by atoms with Crippen molar-refractivity contribution in [2.75, 3.05) is 24.5 Å². The molecule has 0 bridgehead atoms. The number of rotatable bonds is 2. The zero-order valence-corrected chi connectivity index (χ0v) is 11.4. The molecule has 1 aromatic heterocycles. The zero-order chi connectivity index (χ0) is 13.4. The molecule has 2 unspecified atom stereocenters. The molecule has 0 aliphatic carbocycles. The molecule has 20 heavy (non-hydrogen) atoms. The fourth-order valence-electron chi connectivity index (χ4n) is 3.26. The number of hydrogen-bond donors (Lipinski definition) is 1. The topological polar surface area (TPSA) is 41.0 Å². The minimum atomic E-state index is 0.660. The highest BCUT2D eigenvalue weighted by Gasteiger charge is 2.40. The molecule has 1 aromatic carbocycles. The van der Waals surface area contributed by atoms with Gasteiger partial charge in [0, 0.05) is 30.6 Å². The van der Waals surface area contributed by atoms with Crippen LogP contribution >= 0.6 is 0 Å². The monoisotopic (exact) mass is 266 g/mol. The van der Waals surface area contributed by atoms with Gasteiger partial charge in [-0.3, -0.25) is 0 Å². The molecule has 3 heterocycles. The van der Waals surface area contributed by atoms with Crippen LogP contribution in [0.5, 0.6) is 0 Å². The molecule has 0 radical (unpaired) electrons. The molecular weight excluding hydrogens is 248 g/mol. The lowest BCUT2D eigenvalue weighted by atomic mass is 9.83. The van der Waals surface area contributed by atoms with Crippen molar-refractivity contribution in [2.45, 2.75) is 12.5 Å². The molecule has 0 amide bonds. The maximum absolute atomic E-state index is 4.42. The third-order valence-corrected chi connectivity index (χ3v) is 4.41. The van der Waals surface area contributed by atoms with Gasteiger partial charge in [0.1, 0.15) is 0 Å². The molecule has 2 atom stereocenters. The first-order chi connectivity index (χ1) is 9.92. The van der Waals surface area contributed by atoms with E-state index in [1.54, 1.807) is 0 Å². The molecule has 4 heteroatoms. The third-order valence-electron chi connectivity index (χ3n) is 4.41. The minimum absolute atomic E-state index is 0.660. The van der Waals surface area contributed by atoms with E-state index in [0.717, 1.165) is 42.6 Å². The van der Waals surface area contributed by atoms with Crippen LogP contribution in [0.3, 0.4) is 0 Å². The Balaban J connectivity index is 1.53. The van der Waals surface area contributed by atoms with Crippen LogP contribution in [0.15, 0.2) is 42.5 Å². The molecule has 2 saturated heterocycles. The maximum atomic E-state index is 4.42. The van der Waals surface area contributed by atoms with Crippen LogP contribution in [0.4, 0.5) is 5.82 Å². The molecule has 4 nitrogen and oxygen atoms in total. The van der Waals surface area contributed by atoms with Crippen molar-refractivity contribution in [3.05, 3.63) is 42.5 Å². The Kier molecular flexibility index (Phi) is 2.89. The van der Waals surface area contributed by atoms with E-state index in [1.165, 1.54) is 6.42 Å². The van der Waals surface area contributed by atoms with E-state index in [-0.39, 0.29) is 0 Å². The Morgan fingerprint density at radius 3 is 2.70 bits per heavy atom. The number of aromatic nitrogens is 2. The van der Waals surface area contributed by atoms with Crippen molar-refractivity contribution in [3.63, 3.8) is 0 Å². The predicted molar refractivity (Wildman–Crippen MR) is 79.6 cm³/mol. The van der Waals surface area contributed by atoms with Gasteiger partial charge in [-0.1, -0.05) is 30.3 Å². The van der Waals surface area contributed by atoms with E-state index >= 15 is 0 Å². The minimum Gasteiger partial charge on any atom is -0.351 e. The average Bonchev–Trinajstić information content (AvgIpc) is 2.50. The highest BCUT2D eigenvalue weighted by atomic mass is 15.3. The van der Waals surface area contributed by atoms with Gasteiger partial charge in [0.05, 0.1) is 5.69 Å². The Labute approximate surface area is 118 Å². The lowest BCUT2D eigenvalue weighted by molar-refractivity contribution is 0.228. The van der Waals surface area contributed by atoms with E-state index in [0.29, 0.717) is 6.04 Å². The van der Waals surface area contributed by atoms with Crippen LogP contribution < -0.4 is 10.2 Å². The molecule has 2 aliphatic heterocycles. The van der Waals surface area contributed by atoms with Crippen molar-refractivity contribution in [1.29, 1.82) is 0 Å². The highest BCUT2D eigenvalue weighted by Crippen LogP contribution is 2.33. The Bertz CT molecular complexity index is 581. The van der Waals surface area contributed by atoms with Crippen LogP contribution in [-0.4, -0.2) is 35.9 Å². The molecule has 102 valence electrons. The molecule has 1 N–H and O–H groups in total. The molecule has 2 aliphatic rings. The zero-order valence-electron chi connectivity index (χ0n) is 11.4. The highest BCUT2D eigenvalue weighted by molar-refractivity contribution is 5.59. The van der Waals surface area contributed by atoms with E-state index < -0.39 is 0 Å². The van der Waals surface area contributed by atoms with Crippen molar-refractivity contribution in [2.24, 2.45) is 5.92 Å². The molecule has 2 aromatic rings. The molecule has 0 saturated carbocycles. The van der Waals surface area contributed by atoms with Gasteiger partial charge in [0.15, 0.2) is 5.82 Å². The third kappa shape index (κ3) is 1.96. The summed E-state index contributed by atoms with van der Waals surface area (Å²) in [5.74, 6) is 1.81. The van der Waals surface area contributed by atoms with E-state index in [4.69, 9.17) is 0 Å². The molecule has 0 spiro atoms. The van der Waals surface area contributed by atoms with Gasteiger partial charge in [0.2, 0.25) is 0 Å². The largest absolute Gasteiger partial charge is 0.351 e. The van der Waals surface area contributed by atoms with Gasteiger partial charge >= 0.3 is 0 Å².